The highest BCUT2D eigenvalue weighted by atomic mass is 16.8. The molecule has 4 rings (SSSR count). The highest BCUT2D eigenvalue weighted by Crippen LogP contribution is 2.40. The number of hydrogen-bond donors (Lipinski definition) is 2. The van der Waals surface area contributed by atoms with E-state index in [-0.39, 0.29) is 0 Å². The van der Waals surface area contributed by atoms with Crippen LogP contribution in [0.15, 0.2) is 30.3 Å². The summed E-state index contributed by atoms with van der Waals surface area (Å²) in [5.74, 6) is -1.49. The molecule has 0 aliphatic carbocycles. The lowest BCUT2D eigenvalue weighted by Crippen LogP contribution is -2.63. The first-order chi connectivity index (χ1) is 16.1. The van der Waals surface area contributed by atoms with Crippen LogP contribution in [0.1, 0.15) is 40.2 Å². The number of fused-ring (bicyclic) bond motifs is 1. The van der Waals surface area contributed by atoms with Crippen LogP contribution < -0.4 is 0 Å². The van der Waals surface area contributed by atoms with E-state index in [1.165, 1.54) is 6.92 Å². The predicted molar refractivity (Wildman–Crippen MR) is 116 cm³/mol. The molecule has 0 spiro atoms. The van der Waals surface area contributed by atoms with Gasteiger partial charge in [0.15, 0.2) is 24.5 Å². The number of carbonyl (C=O) groups is 1. The van der Waals surface area contributed by atoms with Crippen molar-refractivity contribution < 1.29 is 48.2 Å². The third-order valence-corrected chi connectivity index (χ3v) is 6.21. The first-order valence-corrected chi connectivity index (χ1v) is 11.6. The number of hydrogen-bond acceptors (Lipinski definition) is 10. The predicted octanol–water partition coefficient (Wildman–Crippen LogP) is 1.25. The Balaban J connectivity index is 1.52. The number of carbonyl (C=O) groups excluding carboxylic acids is 1. The molecular formula is C24H34O10. The van der Waals surface area contributed by atoms with Gasteiger partial charge in [-0.2, -0.15) is 0 Å². The molecule has 0 aromatic heterocycles. The minimum Gasteiger partial charge on any atom is -0.457 e. The maximum absolute atomic E-state index is 11.7. The summed E-state index contributed by atoms with van der Waals surface area (Å²) in [6.07, 6.45) is -8.85. The van der Waals surface area contributed by atoms with Crippen LogP contribution in [-0.2, 0) is 44.6 Å². The number of ether oxygens (including phenoxy) is 7. The van der Waals surface area contributed by atoms with Gasteiger partial charge in [-0.05, 0) is 33.3 Å². The molecule has 34 heavy (non-hydrogen) atoms. The van der Waals surface area contributed by atoms with Crippen molar-refractivity contribution in [1.82, 2.24) is 0 Å². The van der Waals surface area contributed by atoms with Crippen LogP contribution in [0.4, 0.5) is 0 Å². The lowest BCUT2D eigenvalue weighted by molar-refractivity contribution is -0.344. The highest BCUT2D eigenvalue weighted by molar-refractivity contribution is 5.66. The molecule has 3 aliphatic heterocycles. The molecule has 3 aliphatic rings. The van der Waals surface area contributed by atoms with Crippen molar-refractivity contribution in [2.24, 2.45) is 0 Å². The summed E-state index contributed by atoms with van der Waals surface area (Å²) in [6.45, 7) is 8.67. The minimum absolute atomic E-state index is 0.370. The van der Waals surface area contributed by atoms with Gasteiger partial charge in [0.05, 0.1) is 18.8 Å². The van der Waals surface area contributed by atoms with Crippen molar-refractivity contribution in [2.75, 3.05) is 0 Å². The molecule has 3 saturated heterocycles. The smallest absolute Gasteiger partial charge is 0.303 e. The summed E-state index contributed by atoms with van der Waals surface area (Å²) in [5, 5.41) is 20.7. The molecule has 3 heterocycles. The zero-order valence-corrected chi connectivity index (χ0v) is 20.0. The second-order valence-corrected chi connectivity index (χ2v) is 9.43. The molecule has 10 atom stereocenters. The molecule has 1 aromatic rings. The number of aliphatic hydroxyl groups excluding tert-OH is 2. The number of rotatable bonds is 6. The van der Waals surface area contributed by atoms with E-state index in [2.05, 4.69) is 0 Å². The van der Waals surface area contributed by atoms with Crippen molar-refractivity contribution in [3.05, 3.63) is 35.9 Å². The zero-order valence-electron chi connectivity index (χ0n) is 20.0. The average Bonchev–Trinajstić information content (AvgIpc) is 3.09. The van der Waals surface area contributed by atoms with Crippen LogP contribution in [0.5, 0.6) is 0 Å². The molecule has 1 aromatic carbocycles. The Hall–Kier alpha value is -1.63. The molecule has 3 fully saturated rings. The van der Waals surface area contributed by atoms with Gasteiger partial charge < -0.3 is 43.4 Å². The van der Waals surface area contributed by atoms with Crippen molar-refractivity contribution in [3.63, 3.8) is 0 Å². The van der Waals surface area contributed by atoms with Crippen LogP contribution in [0.3, 0.4) is 0 Å². The Labute approximate surface area is 199 Å². The van der Waals surface area contributed by atoms with Crippen molar-refractivity contribution in [3.8, 4) is 0 Å². The Morgan fingerprint density at radius 1 is 0.971 bits per heavy atom. The maximum atomic E-state index is 11.7. The molecule has 7 unspecified atom stereocenters. The van der Waals surface area contributed by atoms with Gasteiger partial charge in [-0.15, -0.1) is 0 Å². The Morgan fingerprint density at radius 2 is 1.62 bits per heavy atom. The average molecular weight is 483 g/mol. The van der Waals surface area contributed by atoms with Gasteiger partial charge in [0.1, 0.15) is 30.5 Å². The quantitative estimate of drug-likeness (QED) is 0.573. The maximum Gasteiger partial charge on any atom is 0.303 e. The lowest BCUT2D eigenvalue weighted by Gasteiger charge is -2.45. The molecule has 190 valence electrons. The summed E-state index contributed by atoms with van der Waals surface area (Å²) in [5.41, 5.74) is 1.01. The lowest BCUT2D eigenvalue weighted by atomic mass is 9.97. The second-order valence-electron chi connectivity index (χ2n) is 9.43. The molecule has 0 radical (unpaired) electrons. The normalized spacial score (nSPS) is 41.6. The minimum atomic E-state index is -1.51. The fraction of sp³-hybridized carbons (Fsp3) is 0.708. The van der Waals surface area contributed by atoms with E-state index in [1.807, 2.05) is 37.3 Å². The van der Waals surface area contributed by atoms with Crippen LogP contribution in [0.25, 0.3) is 0 Å². The van der Waals surface area contributed by atoms with Gasteiger partial charge in [0.2, 0.25) is 0 Å². The first kappa shape index (κ1) is 25.5. The summed E-state index contributed by atoms with van der Waals surface area (Å²) in [6, 6.07) is 9.77. The van der Waals surface area contributed by atoms with E-state index >= 15 is 0 Å². The SMILES string of the molecule is CC(=O)O[C@H]1C(C)OC(O)C(O)C1O[C@@H]1OC(C)[C@H](OCc2ccccc2)C2OC(C)(C)OC21. The van der Waals surface area contributed by atoms with Crippen LogP contribution >= 0.6 is 0 Å². The van der Waals surface area contributed by atoms with E-state index in [4.69, 9.17) is 33.2 Å². The Morgan fingerprint density at radius 3 is 2.29 bits per heavy atom. The van der Waals surface area contributed by atoms with Gasteiger partial charge in [0, 0.05) is 6.92 Å². The van der Waals surface area contributed by atoms with E-state index < -0.39 is 73.2 Å². The third-order valence-electron chi connectivity index (χ3n) is 6.21. The molecule has 0 amide bonds. The van der Waals surface area contributed by atoms with Gasteiger partial charge >= 0.3 is 5.97 Å². The molecule has 0 saturated carbocycles. The molecule has 0 bridgehead atoms. The van der Waals surface area contributed by atoms with Crippen molar-refractivity contribution in [2.45, 2.75) is 108 Å². The van der Waals surface area contributed by atoms with Gasteiger partial charge in [-0.1, -0.05) is 30.3 Å². The molecule has 10 heteroatoms. The number of benzene rings is 1. The van der Waals surface area contributed by atoms with Crippen molar-refractivity contribution >= 4 is 5.97 Å². The Kier molecular flexibility index (Phi) is 7.61. The van der Waals surface area contributed by atoms with Gasteiger partial charge in [-0.25, -0.2) is 0 Å². The summed E-state index contributed by atoms with van der Waals surface area (Å²) < 4.78 is 41.4. The standard InChI is InChI=1S/C24H34O10/c1-12-17(28-11-15-9-7-6-8-10-15)20-21(34-24(4,5)33-20)23(30-12)32-19-16(26)22(27)29-13(2)18(19)31-14(3)25/h6-10,12-13,16-23,26-27H,11H2,1-5H3/t12?,13?,16?,17-,18-,19?,20?,21?,22?,23-/m0/s1. The van der Waals surface area contributed by atoms with E-state index in [0.29, 0.717) is 6.61 Å². The summed E-state index contributed by atoms with van der Waals surface area (Å²) in [7, 11) is 0. The summed E-state index contributed by atoms with van der Waals surface area (Å²) >= 11 is 0. The van der Waals surface area contributed by atoms with E-state index in [9.17, 15) is 15.0 Å². The molecule has 2 N–H and O–H groups in total. The molecular weight excluding hydrogens is 448 g/mol. The van der Waals surface area contributed by atoms with Gasteiger partial charge in [0.25, 0.3) is 0 Å². The third kappa shape index (κ3) is 5.44. The van der Waals surface area contributed by atoms with Gasteiger partial charge in [-0.3, -0.25) is 4.79 Å². The number of esters is 1. The number of aliphatic hydroxyl groups is 2. The zero-order chi connectivity index (χ0) is 24.6. The van der Waals surface area contributed by atoms with Crippen LogP contribution in [0, 0.1) is 0 Å². The monoisotopic (exact) mass is 482 g/mol. The topological polar surface area (TPSA) is 122 Å². The van der Waals surface area contributed by atoms with Crippen LogP contribution in [-0.4, -0.2) is 83.4 Å². The Bertz CT molecular complexity index is 832. The fourth-order valence-corrected chi connectivity index (χ4v) is 4.69. The summed E-state index contributed by atoms with van der Waals surface area (Å²) in [4.78, 5) is 11.7. The van der Waals surface area contributed by atoms with Crippen molar-refractivity contribution in [1.29, 1.82) is 0 Å². The highest BCUT2D eigenvalue weighted by Gasteiger charge is 2.57. The van der Waals surface area contributed by atoms with E-state index in [0.717, 1.165) is 5.56 Å². The van der Waals surface area contributed by atoms with Crippen LogP contribution in [0.2, 0.25) is 0 Å². The fourth-order valence-electron chi connectivity index (χ4n) is 4.69. The second kappa shape index (κ2) is 10.2. The molecule has 10 nitrogen and oxygen atoms in total. The van der Waals surface area contributed by atoms with E-state index in [1.54, 1.807) is 20.8 Å². The first-order valence-electron chi connectivity index (χ1n) is 11.6. The largest absolute Gasteiger partial charge is 0.457 e.